The second-order valence-electron chi connectivity index (χ2n) is 2.47. The van der Waals surface area contributed by atoms with E-state index in [0.29, 0.717) is 5.88 Å². The fourth-order valence-corrected chi connectivity index (χ4v) is 1.50. The number of aryl methyl sites for hydroxylation is 2. The molecule has 0 saturated heterocycles. The van der Waals surface area contributed by atoms with Crippen LogP contribution in [0, 0.1) is 0 Å². The third-order valence-corrected chi connectivity index (χ3v) is 2.13. The van der Waals surface area contributed by atoms with Crippen molar-refractivity contribution < 1.29 is 0 Å². The predicted octanol–water partition coefficient (Wildman–Crippen LogP) is 2.27. The summed E-state index contributed by atoms with van der Waals surface area (Å²) in [6.07, 6.45) is 1.94. The maximum atomic E-state index is 5.78. The molecule has 0 atom stereocenters. The van der Waals surface area contributed by atoms with Gasteiger partial charge in [-0.2, -0.15) is 5.10 Å². The Morgan fingerprint density at radius 1 is 1.36 bits per heavy atom. The topological polar surface area (TPSA) is 28.7 Å². The van der Waals surface area contributed by atoms with Crippen molar-refractivity contribution >= 4 is 11.6 Å². The third kappa shape index (κ3) is 1.56. The summed E-state index contributed by atoms with van der Waals surface area (Å²) in [7, 11) is 0. The van der Waals surface area contributed by atoms with Crippen molar-refractivity contribution in [3.63, 3.8) is 0 Å². The van der Waals surface area contributed by atoms with Gasteiger partial charge in [-0.1, -0.05) is 13.8 Å². The Morgan fingerprint density at radius 2 is 2.09 bits per heavy atom. The van der Waals surface area contributed by atoms with Crippen LogP contribution in [0.3, 0.4) is 0 Å². The molecular weight excluding hydrogens is 160 g/mol. The third-order valence-electron chi connectivity index (χ3n) is 1.86. The number of nitrogens with one attached hydrogen (secondary N) is 1. The Hall–Kier alpha value is -0.500. The molecule has 0 bridgehead atoms. The van der Waals surface area contributed by atoms with E-state index >= 15 is 0 Å². The Labute approximate surface area is 72.0 Å². The Balaban J connectivity index is 2.99. The van der Waals surface area contributed by atoms with E-state index in [9.17, 15) is 0 Å². The highest BCUT2D eigenvalue weighted by Gasteiger charge is 2.07. The number of halogens is 1. The lowest BCUT2D eigenvalue weighted by Crippen LogP contribution is -1.89. The smallest absolute Gasteiger partial charge is 0.0666 e. The average molecular weight is 173 g/mol. The average Bonchev–Trinajstić information content (AvgIpc) is 2.45. The van der Waals surface area contributed by atoms with Crippen LogP contribution in [0.1, 0.15) is 30.8 Å². The molecule has 0 spiro atoms. The minimum Gasteiger partial charge on any atom is -0.282 e. The van der Waals surface area contributed by atoms with Gasteiger partial charge in [-0.25, -0.2) is 0 Å². The minimum atomic E-state index is 0.572. The van der Waals surface area contributed by atoms with Crippen molar-refractivity contribution in [2.24, 2.45) is 0 Å². The van der Waals surface area contributed by atoms with Gasteiger partial charge in [0.1, 0.15) is 0 Å². The van der Waals surface area contributed by atoms with Gasteiger partial charge < -0.3 is 0 Å². The predicted molar refractivity (Wildman–Crippen MR) is 46.9 cm³/mol. The number of hydrogen-bond acceptors (Lipinski definition) is 1. The highest BCUT2D eigenvalue weighted by atomic mass is 35.5. The van der Waals surface area contributed by atoms with Crippen LogP contribution in [0.5, 0.6) is 0 Å². The molecule has 1 heterocycles. The fourth-order valence-electron chi connectivity index (χ4n) is 1.19. The lowest BCUT2D eigenvalue weighted by molar-refractivity contribution is 0.936. The molecule has 0 aromatic carbocycles. The molecule has 1 N–H and O–H groups in total. The van der Waals surface area contributed by atoms with E-state index in [4.69, 9.17) is 11.6 Å². The van der Waals surface area contributed by atoms with Crippen LogP contribution in [0.15, 0.2) is 0 Å². The summed E-state index contributed by atoms with van der Waals surface area (Å²) < 4.78 is 0. The van der Waals surface area contributed by atoms with Crippen molar-refractivity contribution in [3.8, 4) is 0 Å². The number of hydrogen-bond donors (Lipinski definition) is 1. The number of H-pyrrole nitrogens is 1. The van der Waals surface area contributed by atoms with Gasteiger partial charge in [-0.15, -0.1) is 11.6 Å². The van der Waals surface area contributed by atoms with Gasteiger partial charge in [0.2, 0.25) is 0 Å². The van der Waals surface area contributed by atoms with E-state index < -0.39 is 0 Å². The number of rotatable bonds is 3. The van der Waals surface area contributed by atoms with Gasteiger partial charge in [0.15, 0.2) is 0 Å². The molecule has 0 aliphatic carbocycles. The van der Waals surface area contributed by atoms with E-state index in [1.54, 1.807) is 0 Å². The van der Waals surface area contributed by atoms with E-state index in [1.165, 1.54) is 11.3 Å². The van der Waals surface area contributed by atoms with Crippen LogP contribution in [-0.4, -0.2) is 10.2 Å². The van der Waals surface area contributed by atoms with E-state index in [1.807, 2.05) is 0 Å². The van der Waals surface area contributed by atoms with Crippen LogP contribution in [-0.2, 0) is 18.7 Å². The molecule has 3 heteroatoms. The molecule has 1 aromatic heterocycles. The summed E-state index contributed by atoms with van der Waals surface area (Å²) >= 11 is 5.78. The van der Waals surface area contributed by atoms with Crippen LogP contribution in [0.4, 0.5) is 0 Å². The molecule has 1 aromatic rings. The summed E-state index contributed by atoms with van der Waals surface area (Å²) in [4.78, 5) is 0. The van der Waals surface area contributed by atoms with Crippen molar-refractivity contribution in [1.82, 2.24) is 10.2 Å². The lowest BCUT2D eigenvalue weighted by atomic mass is 10.1. The summed E-state index contributed by atoms with van der Waals surface area (Å²) in [5, 5.41) is 7.16. The summed E-state index contributed by atoms with van der Waals surface area (Å²) in [5.74, 6) is 0.572. The van der Waals surface area contributed by atoms with E-state index in [-0.39, 0.29) is 0 Å². The molecule has 0 aliphatic rings. The molecule has 0 unspecified atom stereocenters. The Morgan fingerprint density at radius 3 is 2.55 bits per heavy atom. The fraction of sp³-hybridized carbons (Fsp3) is 0.625. The number of aromatic nitrogens is 2. The van der Waals surface area contributed by atoms with Gasteiger partial charge >= 0.3 is 0 Å². The second-order valence-corrected chi connectivity index (χ2v) is 2.74. The Bertz CT molecular complexity index is 208. The van der Waals surface area contributed by atoms with Gasteiger partial charge in [-0.05, 0) is 12.8 Å². The molecule has 11 heavy (non-hydrogen) atoms. The molecule has 0 saturated carbocycles. The maximum absolute atomic E-state index is 5.78. The van der Waals surface area contributed by atoms with Gasteiger partial charge in [0.05, 0.1) is 11.6 Å². The first kappa shape index (κ1) is 8.60. The SMILES string of the molecule is CCc1n[nH]c(CC)c1CCl. The van der Waals surface area contributed by atoms with Gasteiger partial charge in [-0.3, -0.25) is 5.10 Å². The molecule has 0 radical (unpaired) electrons. The standard InChI is InChI=1S/C8H13ClN2/c1-3-7-6(5-9)8(4-2)11-10-7/h3-5H2,1-2H3,(H,10,11). The Kier molecular flexibility index (Phi) is 2.94. The van der Waals surface area contributed by atoms with Crippen molar-refractivity contribution in [2.45, 2.75) is 32.6 Å². The largest absolute Gasteiger partial charge is 0.282 e. The normalized spacial score (nSPS) is 10.5. The number of nitrogens with zero attached hydrogens (tertiary/aromatic N) is 1. The molecule has 0 fully saturated rings. The molecule has 1 rings (SSSR count). The first-order valence-electron chi connectivity index (χ1n) is 3.94. The first-order valence-corrected chi connectivity index (χ1v) is 4.47. The zero-order valence-corrected chi connectivity index (χ0v) is 7.70. The highest BCUT2D eigenvalue weighted by molar-refractivity contribution is 6.17. The summed E-state index contributed by atoms with van der Waals surface area (Å²) in [6.45, 7) is 4.19. The molecule has 0 aliphatic heterocycles. The maximum Gasteiger partial charge on any atom is 0.0666 e. The van der Waals surface area contributed by atoms with Crippen LogP contribution < -0.4 is 0 Å². The number of aromatic amines is 1. The van der Waals surface area contributed by atoms with Crippen LogP contribution >= 0.6 is 11.6 Å². The van der Waals surface area contributed by atoms with Gasteiger partial charge in [0.25, 0.3) is 0 Å². The monoisotopic (exact) mass is 172 g/mol. The van der Waals surface area contributed by atoms with E-state index in [0.717, 1.165) is 18.5 Å². The van der Waals surface area contributed by atoms with E-state index in [2.05, 4.69) is 24.0 Å². The summed E-state index contributed by atoms with van der Waals surface area (Å²) in [6, 6.07) is 0. The van der Waals surface area contributed by atoms with Crippen molar-refractivity contribution in [3.05, 3.63) is 17.0 Å². The molecule has 0 amide bonds. The zero-order valence-electron chi connectivity index (χ0n) is 6.95. The van der Waals surface area contributed by atoms with Crippen molar-refractivity contribution in [2.75, 3.05) is 0 Å². The molecule has 62 valence electrons. The molecule has 2 nitrogen and oxygen atoms in total. The quantitative estimate of drug-likeness (QED) is 0.697. The summed E-state index contributed by atoms with van der Waals surface area (Å²) in [5.41, 5.74) is 3.48. The first-order chi connectivity index (χ1) is 5.33. The zero-order chi connectivity index (χ0) is 8.27. The molecular formula is C8H13ClN2. The van der Waals surface area contributed by atoms with Gasteiger partial charge in [0, 0.05) is 11.3 Å². The second kappa shape index (κ2) is 3.77. The van der Waals surface area contributed by atoms with Crippen molar-refractivity contribution in [1.29, 1.82) is 0 Å². The highest BCUT2D eigenvalue weighted by Crippen LogP contribution is 2.14. The number of alkyl halides is 1. The minimum absolute atomic E-state index is 0.572. The van der Waals surface area contributed by atoms with Crippen LogP contribution in [0.2, 0.25) is 0 Å². The lowest BCUT2D eigenvalue weighted by Gasteiger charge is -1.95. The van der Waals surface area contributed by atoms with Crippen LogP contribution in [0.25, 0.3) is 0 Å².